The number of amides is 1. The summed E-state index contributed by atoms with van der Waals surface area (Å²) in [6.07, 6.45) is -4.04. The van der Waals surface area contributed by atoms with Gasteiger partial charge in [-0.25, -0.2) is 8.42 Å². The maximum atomic E-state index is 13.1. The predicted molar refractivity (Wildman–Crippen MR) is 116 cm³/mol. The van der Waals surface area contributed by atoms with E-state index in [0.29, 0.717) is 5.56 Å². The minimum atomic E-state index is -4.31. The summed E-state index contributed by atoms with van der Waals surface area (Å²) >= 11 is 0. The lowest BCUT2D eigenvalue weighted by atomic mass is 9.39. The number of aryl methyl sites for hydroxylation is 1. The fraction of sp³-hybridized carbons (Fsp3) is 0.381. The first-order chi connectivity index (χ1) is 15.5. The molecule has 34 heavy (non-hydrogen) atoms. The monoisotopic (exact) mass is 518 g/mol. The van der Waals surface area contributed by atoms with Crippen molar-refractivity contribution in [3.8, 4) is 5.75 Å². The number of anilines is 1. The zero-order chi connectivity index (χ0) is 25.2. The molecule has 3 saturated carbocycles. The van der Waals surface area contributed by atoms with Crippen molar-refractivity contribution in [2.75, 3.05) is 11.0 Å². The van der Waals surface area contributed by atoms with Gasteiger partial charge in [0, 0.05) is 5.54 Å². The number of carbonyl (C=O) groups is 1. The summed E-state index contributed by atoms with van der Waals surface area (Å²) in [5, 5.41) is 2.64. The molecule has 2 aromatic rings. The fourth-order valence-electron chi connectivity index (χ4n) is 4.52. The first kappa shape index (κ1) is 24.3. The Morgan fingerprint density at radius 3 is 2.12 bits per heavy atom. The van der Waals surface area contributed by atoms with Crippen LogP contribution in [0.2, 0.25) is 0 Å². The molecule has 0 saturated heterocycles. The lowest BCUT2D eigenvalue weighted by Gasteiger charge is -2.70. The number of hydrogen-bond acceptors (Lipinski definition) is 6. The molecule has 184 valence electrons. The number of rotatable bonds is 7. The summed E-state index contributed by atoms with van der Waals surface area (Å²) in [6, 6.07) is 9.03. The van der Waals surface area contributed by atoms with Crippen molar-refractivity contribution in [2.24, 2.45) is 5.41 Å². The zero-order valence-electron chi connectivity index (χ0n) is 18.1. The van der Waals surface area contributed by atoms with E-state index in [2.05, 4.69) is 14.2 Å². The second-order valence-corrected chi connectivity index (χ2v) is 12.2. The highest BCUT2D eigenvalue weighted by Gasteiger charge is 2.79. The maximum absolute atomic E-state index is 13.1. The Kier molecular flexibility index (Phi) is 5.44. The van der Waals surface area contributed by atoms with Crippen LogP contribution in [0.25, 0.3) is 0 Å². The van der Waals surface area contributed by atoms with Gasteiger partial charge in [-0.15, -0.1) is 0 Å². The Morgan fingerprint density at radius 2 is 1.59 bits per heavy atom. The molecule has 5 rings (SSSR count). The molecule has 8 nitrogen and oxygen atoms in total. The van der Waals surface area contributed by atoms with Crippen molar-refractivity contribution >= 4 is 31.7 Å². The highest BCUT2D eigenvalue weighted by Crippen LogP contribution is 2.73. The number of sulfonamides is 1. The number of benzene rings is 2. The molecule has 0 atom stereocenters. The third kappa shape index (κ3) is 4.45. The topological polar surface area (TPSA) is 119 Å². The van der Waals surface area contributed by atoms with Gasteiger partial charge in [-0.05, 0) is 68.1 Å². The molecule has 0 radical (unpaired) electrons. The van der Waals surface area contributed by atoms with Gasteiger partial charge >= 0.3 is 16.3 Å². The van der Waals surface area contributed by atoms with Crippen LogP contribution in [0.4, 0.5) is 18.9 Å². The average Bonchev–Trinajstić information content (AvgIpc) is 2.61. The van der Waals surface area contributed by atoms with Gasteiger partial charge in [0.15, 0.2) is 0 Å². The van der Waals surface area contributed by atoms with Gasteiger partial charge in [-0.2, -0.15) is 21.6 Å². The molecule has 2 N–H and O–H groups in total. The van der Waals surface area contributed by atoms with E-state index in [-0.39, 0.29) is 41.2 Å². The van der Waals surface area contributed by atoms with E-state index >= 15 is 0 Å². The highest BCUT2D eigenvalue weighted by molar-refractivity contribution is 7.92. The Bertz CT molecular complexity index is 1350. The molecule has 0 aromatic heterocycles. The molecule has 1 amide bonds. The lowest BCUT2D eigenvalue weighted by molar-refractivity contribution is -0.336. The standard InChI is InChI=1S/C21H21F3N2O6S2/c1-13-3-8-16(18(27)25-20-10-19(11-20,12-20)21(22,23)24)17(9-13)26-34(30,31)15-6-4-14(5-7-15)32-33(2,28)29/h3-9,26H,10-12H2,1-2H3,(H,25,27). The van der Waals surface area contributed by atoms with E-state index in [4.69, 9.17) is 0 Å². The average molecular weight is 519 g/mol. The van der Waals surface area contributed by atoms with Crippen molar-refractivity contribution < 1.29 is 39.0 Å². The molecule has 0 aliphatic heterocycles. The van der Waals surface area contributed by atoms with Crippen molar-refractivity contribution in [3.63, 3.8) is 0 Å². The van der Waals surface area contributed by atoms with Gasteiger partial charge in [0.1, 0.15) is 5.75 Å². The van der Waals surface area contributed by atoms with E-state index in [9.17, 15) is 34.8 Å². The molecular formula is C21H21F3N2O6S2. The van der Waals surface area contributed by atoms with Crippen LogP contribution < -0.4 is 14.2 Å². The van der Waals surface area contributed by atoms with E-state index in [0.717, 1.165) is 18.4 Å². The van der Waals surface area contributed by atoms with Gasteiger partial charge in [0.25, 0.3) is 15.9 Å². The summed E-state index contributed by atoms with van der Waals surface area (Å²) < 4.78 is 94.4. The fourth-order valence-corrected chi connectivity index (χ4v) is 6.05. The molecule has 13 heteroatoms. The van der Waals surface area contributed by atoms with Gasteiger partial charge in [0.05, 0.1) is 27.8 Å². The number of alkyl halides is 3. The molecular weight excluding hydrogens is 497 g/mol. The minimum Gasteiger partial charge on any atom is -0.383 e. The quantitative estimate of drug-likeness (QED) is 0.543. The summed E-state index contributed by atoms with van der Waals surface area (Å²) in [7, 11) is -7.97. The first-order valence-corrected chi connectivity index (χ1v) is 13.4. The number of carbonyl (C=O) groups excluding carboxylic acids is 1. The van der Waals surface area contributed by atoms with E-state index in [1.165, 1.54) is 24.3 Å². The van der Waals surface area contributed by atoms with Crippen molar-refractivity contribution in [2.45, 2.75) is 42.8 Å². The normalized spacial score (nSPS) is 23.9. The zero-order valence-corrected chi connectivity index (χ0v) is 19.7. The highest BCUT2D eigenvalue weighted by atomic mass is 32.2. The molecule has 2 aromatic carbocycles. The van der Waals surface area contributed by atoms with Crippen LogP contribution in [0.3, 0.4) is 0 Å². The number of halogens is 3. The van der Waals surface area contributed by atoms with Crippen LogP contribution in [0.15, 0.2) is 47.4 Å². The van der Waals surface area contributed by atoms with Crippen LogP contribution in [-0.2, 0) is 20.1 Å². The molecule has 0 spiro atoms. The summed E-state index contributed by atoms with van der Waals surface area (Å²) in [5.74, 6) is -0.752. The van der Waals surface area contributed by atoms with Crippen LogP contribution >= 0.6 is 0 Å². The Balaban J connectivity index is 1.52. The summed E-state index contributed by atoms with van der Waals surface area (Å²) in [6.45, 7) is 1.69. The summed E-state index contributed by atoms with van der Waals surface area (Å²) in [4.78, 5) is 12.6. The first-order valence-electron chi connectivity index (χ1n) is 10.1. The van der Waals surface area contributed by atoms with Crippen LogP contribution in [-0.4, -0.2) is 40.7 Å². The van der Waals surface area contributed by atoms with Crippen molar-refractivity contribution in [3.05, 3.63) is 53.6 Å². The van der Waals surface area contributed by atoms with E-state index in [1.807, 2.05) is 0 Å². The van der Waals surface area contributed by atoms with Crippen molar-refractivity contribution in [1.82, 2.24) is 5.32 Å². The van der Waals surface area contributed by atoms with Crippen LogP contribution in [0.5, 0.6) is 5.75 Å². The van der Waals surface area contributed by atoms with Crippen LogP contribution in [0.1, 0.15) is 35.2 Å². The lowest BCUT2D eigenvalue weighted by Crippen LogP contribution is -2.78. The molecule has 3 aliphatic carbocycles. The van der Waals surface area contributed by atoms with Gasteiger partial charge in [0.2, 0.25) is 0 Å². The smallest absolute Gasteiger partial charge is 0.383 e. The van der Waals surface area contributed by atoms with E-state index in [1.54, 1.807) is 13.0 Å². The number of hydrogen-bond donors (Lipinski definition) is 2. The van der Waals surface area contributed by atoms with Gasteiger partial charge < -0.3 is 9.50 Å². The molecule has 2 bridgehead atoms. The molecule has 0 unspecified atom stereocenters. The predicted octanol–water partition coefficient (Wildman–Crippen LogP) is 3.35. The molecule has 0 heterocycles. The van der Waals surface area contributed by atoms with Gasteiger partial charge in [-0.3, -0.25) is 9.52 Å². The second kappa shape index (κ2) is 7.60. The van der Waals surface area contributed by atoms with E-state index < -0.39 is 43.2 Å². The second-order valence-electron chi connectivity index (χ2n) is 8.96. The van der Waals surface area contributed by atoms with Crippen molar-refractivity contribution in [1.29, 1.82) is 0 Å². The Hall–Kier alpha value is -2.80. The maximum Gasteiger partial charge on any atom is 0.394 e. The SMILES string of the molecule is Cc1ccc(C(=O)NC23CC(C(F)(F)F)(C2)C3)c(NS(=O)(=O)c2ccc(OS(C)(=O)=O)cc2)c1. The van der Waals surface area contributed by atoms with Crippen LogP contribution in [0, 0.1) is 12.3 Å². The summed E-state index contributed by atoms with van der Waals surface area (Å²) in [5.41, 5.74) is -2.08. The third-order valence-electron chi connectivity index (χ3n) is 6.06. The third-order valence-corrected chi connectivity index (χ3v) is 7.93. The molecule has 3 fully saturated rings. The minimum absolute atomic E-state index is 0.0306. The van der Waals surface area contributed by atoms with Gasteiger partial charge in [-0.1, -0.05) is 6.07 Å². The largest absolute Gasteiger partial charge is 0.394 e. The Labute approximate surface area is 194 Å². The molecule has 3 aliphatic rings. The Morgan fingerprint density at radius 1 is 1.00 bits per heavy atom. The number of nitrogens with one attached hydrogen (secondary N) is 2.